The Balaban J connectivity index is 2.14. The van der Waals surface area contributed by atoms with Crippen LogP contribution in [0.2, 0.25) is 0 Å². The molecule has 1 aromatic carbocycles. The maximum absolute atomic E-state index is 13.2. The quantitative estimate of drug-likeness (QED) is 0.882. The van der Waals surface area contributed by atoms with Crippen molar-refractivity contribution in [3.8, 4) is 10.6 Å². The third-order valence-corrected chi connectivity index (χ3v) is 3.96. The Hall–Kier alpha value is -1.53. The molecular weight excluding hydrogens is 301 g/mol. The first kappa shape index (κ1) is 14.9. The van der Waals surface area contributed by atoms with Gasteiger partial charge in [0.1, 0.15) is 21.2 Å². The van der Waals surface area contributed by atoms with Gasteiger partial charge in [-0.25, -0.2) is 4.39 Å². The lowest BCUT2D eigenvalue weighted by atomic mass is 10.2. The zero-order valence-electron chi connectivity index (χ0n) is 10.9. The molecule has 0 aliphatic heterocycles. The minimum Gasteiger partial charge on any atom is -0.346 e. The van der Waals surface area contributed by atoms with Crippen LogP contribution >= 0.6 is 22.9 Å². The van der Waals surface area contributed by atoms with Crippen molar-refractivity contribution in [2.24, 2.45) is 0 Å². The van der Waals surface area contributed by atoms with Gasteiger partial charge in [-0.15, -0.1) is 21.8 Å². The molecule has 20 heavy (non-hydrogen) atoms. The number of rotatable bonds is 4. The zero-order chi connectivity index (χ0) is 14.7. The molecule has 0 aliphatic carbocycles. The number of hydrogen-bond donors (Lipinski definition) is 1. The van der Waals surface area contributed by atoms with Gasteiger partial charge in [-0.3, -0.25) is 4.79 Å². The normalized spacial score (nSPS) is 13.8. The van der Waals surface area contributed by atoms with Gasteiger partial charge in [-0.1, -0.05) is 23.5 Å². The van der Waals surface area contributed by atoms with Crippen LogP contribution in [0, 0.1) is 5.82 Å². The van der Waals surface area contributed by atoms with Crippen molar-refractivity contribution in [1.82, 2.24) is 15.5 Å². The highest BCUT2D eigenvalue weighted by molar-refractivity contribution is 7.14. The predicted octanol–water partition coefficient (Wildman–Crippen LogP) is 3.15. The zero-order valence-corrected chi connectivity index (χ0v) is 12.5. The average Bonchev–Trinajstić information content (AvgIpc) is 2.88. The van der Waals surface area contributed by atoms with Gasteiger partial charge in [0.05, 0.1) is 6.04 Å². The molecule has 1 N–H and O–H groups in total. The van der Waals surface area contributed by atoms with Gasteiger partial charge in [-0.05, 0) is 26.0 Å². The molecule has 0 saturated heterocycles. The molecule has 1 heterocycles. The lowest BCUT2D eigenvalue weighted by Crippen LogP contribution is -2.31. The number of benzene rings is 1. The molecule has 2 unspecified atom stereocenters. The summed E-state index contributed by atoms with van der Waals surface area (Å²) in [7, 11) is 0. The minimum atomic E-state index is -0.604. The van der Waals surface area contributed by atoms with Gasteiger partial charge < -0.3 is 5.32 Å². The minimum absolute atomic E-state index is 0.262. The Morgan fingerprint density at radius 2 is 2.15 bits per heavy atom. The highest BCUT2D eigenvalue weighted by Gasteiger charge is 2.17. The van der Waals surface area contributed by atoms with Crippen molar-refractivity contribution >= 4 is 28.8 Å². The van der Waals surface area contributed by atoms with Gasteiger partial charge >= 0.3 is 0 Å². The number of nitrogens with zero attached hydrogens (tertiary/aromatic N) is 2. The fraction of sp³-hybridized carbons (Fsp3) is 0.308. The highest BCUT2D eigenvalue weighted by atomic mass is 35.5. The molecule has 0 bridgehead atoms. The van der Waals surface area contributed by atoms with E-state index < -0.39 is 5.38 Å². The second-order valence-corrected chi connectivity index (χ2v) is 5.97. The fourth-order valence-corrected chi connectivity index (χ4v) is 2.44. The summed E-state index contributed by atoms with van der Waals surface area (Å²) in [4.78, 5) is 11.5. The standard InChI is InChI=1S/C13H13ClFN3OS/c1-7(14)11(19)16-8(2)12-17-18-13(20-12)9-4-3-5-10(15)6-9/h3-8H,1-2H3,(H,16,19). The molecule has 0 fully saturated rings. The summed E-state index contributed by atoms with van der Waals surface area (Å²) in [5.41, 5.74) is 0.665. The smallest absolute Gasteiger partial charge is 0.238 e. The molecule has 2 rings (SSSR count). The molecule has 2 aromatic rings. The number of alkyl halides is 1. The van der Waals surface area contributed by atoms with Crippen LogP contribution in [0.5, 0.6) is 0 Å². The molecule has 2 atom stereocenters. The number of nitrogens with one attached hydrogen (secondary N) is 1. The van der Waals surface area contributed by atoms with Gasteiger partial charge in [0.25, 0.3) is 0 Å². The van der Waals surface area contributed by atoms with E-state index >= 15 is 0 Å². The SMILES string of the molecule is CC(Cl)C(=O)NC(C)c1nnc(-c2cccc(F)c2)s1. The second kappa shape index (κ2) is 6.28. The van der Waals surface area contributed by atoms with Crippen LogP contribution in [0.4, 0.5) is 4.39 Å². The Morgan fingerprint density at radius 1 is 1.40 bits per heavy atom. The molecule has 1 aromatic heterocycles. The van der Waals surface area contributed by atoms with Gasteiger partial charge in [0.2, 0.25) is 5.91 Å². The predicted molar refractivity (Wildman–Crippen MR) is 77.2 cm³/mol. The van der Waals surface area contributed by atoms with E-state index in [1.165, 1.54) is 23.5 Å². The van der Waals surface area contributed by atoms with Crippen molar-refractivity contribution in [3.63, 3.8) is 0 Å². The Bertz CT molecular complexity index is 617. The van der Waals surface area contributed by atoms with E-state index in [1.807, 2.05) is 0 Å². The molecule has 106 valence electrons. The van der Waals surface area contributed by atoms with E-state index in [0.29, 0.717) is 15.6 Å². The Kier molecular flexibility index (Phi) is 4.67. The lowest BCUT2D eigenvalue weighted by Gasteiger charge is -2.11. The molecule has 7 heteroatoms. The number of carbonyl (C=O) groups excluding carboxylic acids is 1. The molecule has 4 nitrogen and oxygen atoms in total. The van der Waals surface area contributed by atoms with Crippen molar-refractivity contribution in [1.29, 1.82) is 0 Å². The molecule has 0 radical (unpaired) electrons. The topological polar surface area (TPSA) is 54.9 Å². The van der Waals surface area contributed by atoms with Crippen LogP contribution in [0.1, 0.15) is 24.9 Å². The molecule has 0 spiro atoms. The van der Waals surface area contributed by atoms with Crippen LogP contribution in [-0.2, 0) is 4.79 Å². The van der Waals surface area contributed by atoms with Crippen LogP contribution in [0.15, 0.2) is 24.3 Å². The number of halogens is 2. The van der Waals surface area contributed by atoms with E-state index in [-0.39, 0.29) is 17.8 Å². The van der Waals surface area contributed by atoms with E-state index in [4.69, 9.17) is 11.6 Å². The number of carbonyl (C=O) groups is 1. The first-order valence-corrected chi connectivity index (χ1v) is 7.26. The van der Waals surface area contributed by atoms with Crippen LogP contribution in [0.3, 0.4) is 0 Å². The molecular formula is C13H13ClFN3OS. The summed E-state index contributed by atoms with van der Waals surface area (Å²) in [5, 5.41) is 11.4. The molecule has 0 aliphatic rings. The van der Waals surface area contributed by atoms with Crippen LogP contribution in [-0.4, -0.2) is 21.5 Å². The van der Waals surface area contributed by atoms with Crippen LogP contribution in [0.25, 0.3) is 10.6 Å². The third kappa shape index (κ3) is 3.52. The van der Waals surface area contributed by atoms with E-state index in [1.54, 1.807) is 26.0 Å². The molecule has 1 amide bonds. The first-order chi connectivity index (χ1) is 9.47. The lowest BCUT2D eigenvalue weighted by molar-refractivity contribution is -0.121. The number of aromatic nitrogens is 2. The van der Waals surface area contributed by atoms with E-state index in [9.17, 15) is 9.18 Å². The second-order valence-electron chi connectivity index (χ2n) is 4.30. The Labute approximate surface area is 125 Å². The number of amides is 1. The van der Waals surface area contributed by atoms with Gasteiger partial charge in [0, 0.05) is 5.56 Å². The van der Waals surface area contributed by atoms with Crippen molar-refractivity contribution in [3.05, 3.63) is 35.1 Å². The maximum Gasteiger partial charge on any atom is 0.238 e. The summed E-state index contributed by atoms with van der Waals surface area (Å²) in [5.74, 6) is -0.585. The summed E-state index contributed by atoms with van der Waals surface area (Å²) in [6, 6.07) is 5.86. The van der Waals surface area contributed by atoms with Gasteiger partial charge in [-0.2, -0.15) is 0 Å². The summed E-state index contributed by atoms with van der Waals surface area (Å²) >= 11 is 7.00. The maximum atomic E-state index is 13.2. The van der Waals surface area contributed by atoms with E-state index in [2.05, 4.69) is 15.5 Å². The summed E-state index contributed by atoms with van der Waals surface area (Å²) in [6.07, 6.45) is 0. The monoisotopic (exact) mass is 313 g/mol. The van der Waals surface area contributed by atoms with E-state index in [0.717, 1.165) is 0 Å². The van der Waals surface area contributed by atoms with Crippen LogP contribution < -0.4 is 5.32 Å². The average molecular weight is 314 g/mol. The third-order valence-electron chi connectivity index (χ3n) is 2.60. The number of hydrogen-bond acceptors (Lipinski definition) is 4. The molecule has 0 saturated carbocycles. The Morgan fingerprint density at radius 3 is 2.80 bits per heavy atom. The van der Waals surface area contributed by atoms with Gasteiger partial charge in [0.15, 0.2) is 0 Å². The largest absolute Gasteiger partial charge is 0.346 e. The summed E-state index contributed by atoms with van der Waals surface area (Å²) < 4.78 is 13.2. The summed E-state index contributed by atoms with van der Waals surface area (Å²) in [6.45, 7) is 3.40. The van der Waals surface area contributed by atoms with Crippen molar-refractivity contribution in [2.75, 3.05) is 0 Å². The first-order valence-electron chi connectivity index (χ1n) is 6.01. The van der Waals surface area contributed by atoms with Crippen molar-refractivity contribution < 1.29 is 9.18 Å². The van der Waals surface area contributed by atoms with Crippen molar-refractivity contribution in [2.45, 2.75) is 25.3 Å². The highest BCUT2D eigenvalue weighted by Crippen LogP contribution is 2.27. The fourth-order valence-electron chi connectivity index (χ4n) is 1.54.